The van der Waals surface area contributed by atoms with Crippen molar-refractivity contribution in [2.45, 2.75) is 32.3 Å². The van der Waals surface area contributed by atoms with Crippen molar-refractivity contribution in [3.8, 4) is 11.5 Å². The van der Waals surface area contributed by atoms with E-state index in [1.165, 1.54) is 0 Å². The second-order valence-corrected chi connectivity index (χ2v) is 5.53. The Kier molecular flexibility index (Phi) is 4.42. The zero-order valence-corrected chi connectivity index (χ0v) is 13.0. The van der Waals surface area contributed by atoms with Crippen LogP contribution in [0.15, 0.2) is 48.5 Å². The number of hydrogen-bond acceptors (Lipinski definition) is 4. The van der Waals surface area contributed by atoms with Crippen LogP contribution in [-0.4, -0.2) is 11.8 Å². The van der Waals surface area contributed by atoms with Gasteiger partial charge in [0.05, 0.1) is 12.0 Å². The number of carbonyl (C=O) groups is 2. The number of rotatable bonds is 4. The SMILES string of the molecule is CCCC(=O)Oc1ccc2c(c1)C(=O)CC(c1ccccc1)O2. The highest BCUT2D eigenvalue weighted by Gasteiger charge is 2.28. The van der Waals surface area contributed by atoms with E-state index >= 15 is 0 Å². The average Bonchev–Trinajstić information content (AvgIpc) is 2.56. The molecular weight excluding hydrogens is 292 g/mol. The minimum absolute atomic E-state index is 0.00602. The fourth-order valence-corrected chi connectivity index (χ4v) is 2.61. The van der Waals surface area contributed by atoms with E-state index in [0.29, 0.717) is 23.5 Å². The summed E-state index contributed by atoms with van der Waals surface area (Å²) in [5.41, 5.74) is 1.45. The van der Waals surface area contributed by atoms with Gasteiger partial charge in [0.1, 0.15) is 17.6 Å². The molecule has 1 unspecified atom stereocenters. The first-order valence-corrected chi connectivity index (χ1v) is 7.77. The summed E-state index contributed by atoms with van der Waals surface area (Å²) in [5.74, 6) is 0.620. The smallest absolute Gasteiger partial charge is 0.311 e. The van der Waals surface area contributed by atoms with Crippen molar-refractivity contribution in [1.82, 2.24) is 0 Å². The van der Waals surface area contributed by atoms with E-state index in [4.69, 9.17) is 9.47 Å². The molecule has 3 rings (SSSR count). The minimum Gasteiger partial charge on any atom is -0.484 e. The van der Waals surface area contributed by atoms with Crippen LogP contribution in [0.25, 0.3) is 0 Å². The van der Waals surface area contributed by atoms with Gasteiger partial charge in [-0.15, -0.1) is 0 Å². The largest absolute Gasteiger partial charge is 0.484 e. The third-order valence-corrected chi connectivity index (χ3v) is 3.75. The Labute approximate surface area is 135 Å². The van der Waals surface area contributed by atoms with Crippen molar-refractivity contribution < 1.29 is 19.1 Å². The van der Waals surface area contributed by atoms with Crippen LogP contribution in [0.2, 0.25) is 0 Å². The van der Waals surface area contributed by atoms with E-state index in [-0.39, 0.29) is 24.3 Å². The van der Waals surface area contributed by atoms with E-state index in [1.54, 1.807) is 18.2 Å². The van der Waals surface area contributed by atoms with Gasteiger partial charge in [-0.1, -0.05) is 37.3 Å². The fourth-order valence-electron chi connectivity index (χ4n) is 2.61. The first kappa shape index (κ1) is 15.3. The Hall–Kier alpha value is -2.62. The fraction of sp³-hybridized carbons (Fsp3) is 0.263. The van der Waals surface area contributed by atoms with Crippen molar-refractivity contribution in [2.75, 3.05) is 0 Å². The molecule has 23 heavy (non-hydrogen) atoms. The average molecular weight is 310 g/mol. The molecule has 0 saturated heterocycles. The minimum atomic E-state index is -0.293. The van der Waals surface area contributed by atoms with Gasteiger partial charge >= 0.3 is 5.97 Å². The summed E-state index contributed by atoms with van der Waals surface area (Å²) in [5, 5.41) is 0. The first-order chi connectivity index (χ1) is 11.2. The van der Waals surface area contributed by atoms with E-state index in [2.05, 4.69) is 0 Å². The maximum absolute atomic E-state index is 12.4. The standard InChI is InChI=1S/C19H18O4/c1-2-6-19(21)22-14-9-10-17-15(11-14)16(20)12-18(23-17)13-7-4-3-5-8-13/h3-5,7-11,18H,2,6,12H2,1H3. The number of hydrogen-bond donors (Lipinski definition) is 0. The molecule has 0 N–H and O–H groups in total. The number of benzene rings is 2. The van der Waals surface area contributed by atoms with Gasteiger partial charge in [-0.05, 0) is 30.2 Å². The van der Waals surface area contributed by atoms with Crippen LogP contribution in [0.5, 0.6) is 11.5 Å². The summed E-state index contributed by atoms with van der Waals surface area (Å²) in [6, 6.07) is 14.6. The van der Waals surface area contributed by atoms with Crippen LogP contribution in [-0.2, 0) is 4.79 Å². The van der Waals surface area contributed by atoms with Gasteiger partial charge in [-0.25, -0.2) is 0 Å². The molecule has 118 valence electrons. The second-order valence-electron chi connectivity index (χ2n) is 5.53. The molecular formula is C19H18O4. The van der Waals surface area contributed by atoms with E-state index < -0.39 is 0 Å². The van der Waals surface area contributed by atoms with Crippen LogP contribution >= 0.6 is 0 Å². The van der Waals surface area contributed by atoms with Crippen molar-refractivity contribution in [3.05, 3.63) is 59.7 Å². The van der Waals surface area contributed by atoms with Gasteiger partial charge in [0.2, 0.25) is 0 Å². The molecule has 0 saturated carbocycles. The van der Waals surface area contributed by atoms with E-state index in [0.717, 1.165) is 12.0 Å². The molecule has 4 nitrogen and oxygen atoms in total. The second kappa shape index (κ2) is 6.65. The highest BCUT2D eigenvalue weighted by atomic mass is 16.5. The van der Waals surface area contributed by atoms with Crippen molar-refractivity contribution >= 4 is 11.8 Å². The predicted molar refractivity (Wildman–Crippen MR) is 85.7 cm³/mol. The molecule has 1 atom stereocenters. The first-order valence-electron chi connectivity index (χ1n) is 7.77. The summed E-state index contributed by atoms with van der Waals surface area (Å²) < 4.78 is 11.2. The molecule has 0 fully saturated rings. The third-order valence-electron chi connectivity index (χ3n) is 3.75. The lowest BCUT2D eigenvalue weighted by molar-refractivity contribution is -0.134. The maximum atomic E-state index is 12.4. The predicted octanol–water partition coefficient (Wildman–Crippen LogP) is 4.10. The third kappa shape index (κ3) is 3.42. The molecule has 0 bridgehead atoms. The maximum Gasteiger partial charge on any atom is 0.311 e. The summed E-state index contributed by atoms with van der Waals surface area (Å²) in [6.45, 7) is 1.91. The molecule has 0 aliphatic carbocycles. The van der Waals surface area contributed by atoms with Crippen LogP contribution < -0.4 is 9.47 Å². The molecule has 0 radical (unpaired) electrons. The van der Waals surface area contributed by atoms with Gasteiger partial charge in [0.25, 0.3) is 0 Å². The van der Waals surface area contributed by atoms with Crippen LogP contribution in [0.1, 0.15) is 48.2 Å². The Balaban J connectivity index is 1.81. The highest BCUT2D eigenvalue weighted by Crippen LogP contribution is 2.36. The Morgan fingerprint density at radius 2 is 2.00 bits per heavy atom. The Bertz CT molecular complexity index is 721. The number of carbonyl (C=O) groups excluding carboxylic acids is 2. The summed E-state index contributed by atoms with van der Waals surface area (Å²) >= 11 is 0. The van der Waals surface area contributed by atoms with Crippen molar-refractivity contribution in [1.29, 1.82) is 0 Å². The topological polar surface area (TPSA) is 52.6 Å². The normalized spacial score (nSPS) is 16.4. The highest BCUT2D eigenvalue weighted by molar-refractivity contribution is 6.00. The zero-order chi connectivity index (χ0) is 16.2. The molecule has 2 aromatic rings. The number of fused-ring (bicyclic) bond motifs is 1. The molecule has 4 heteroatoms. The molecule has 0 aromatic heterocycles. The molecule has 2 aromatic carbocycles. The molecule has 1 aliphatic heterocycles. The lowest BCUT2D eigenvalue weighted by Gasteiger charge is -2.25. The van der Waals surface area contributed by atoms with Crippen LogP contribution in [0.4, 0.5) is 0 Å². The quantitative estimate of drug-likeness (QED) is 0.630. The lowest BCUT2D eigenvalue weighted by Crippen LogP contribution is -2.20. The van der Waals surface area contributed by atoms with E-state index in [9.17, 15) is 9.59 Å². The summed E-state index contributed by atoms with van der Waals surface area (Å²) in [6.07, 6.45) is 1.09. The van der Waals surface area contributed by atoms with Gasteiger partial charge in [-0.2, -0.15) is 0 Å². The summed E-state index contributed by atoms with van der Waals surface area (Å²) in [7, 11) is 0. The van der Waals surface area contributed by atoms with Crippen LogP contribution in [0, 0.1) is 0 Å². The van der Waals surface area contributed by atoms with Crippen molar-refractivity contribution in [2.24, 2.45) is 0 Å². The zero-order valence-electron chi connectivity index (χ0n) is 13.0. The Morgan fingerprint density at radius 1 is 1.22 bits per heavy atom. The van der Waals surface area contributed by atoms with Gasteiger partial charge in [0, 0.05) is 6.42 Å². The summed E-state index contributed by atoms with van der Waals surface area (Å²) in [4.78, 5) is 24.0. The number of Topliss-reactive ketones (excluding diaryl/α,β-unsaturated/α-hetero) is 1. The molecule has 1 aliphatic rings. The molecule has 0 amide bonds. The Morgan fingerprint density at radius 3 is 2.74 bits per heavy atom. The number of ketones is 1. The van der Waals surface area contributed by atoms with Gasteiger partial charge in [0.15, 0.2) is 5.78 Å². The monoisotopic (exact) mass is 310 g/mol. The molecule has 1 heterocycles. The van der Waals surface area contributed by atoms with Crippen molar-refractivity contribution in [3.63, 3.8) is 0 Å². The lowest BCUT2D eigenvalue weighted by atomic mass is 9.96. The van der Waals surface area contributed by atoms with Gasteiger partial charge < -0.3 is 9.47 Å². The van der Waals surface area contributed by atoms with Crippen LogP contribution in [0.3, 0.4) is 0 Å². The number of ether oxygens (including phenoxy) is 2. The van der Waals surface area contributed by atoms with E-state index in [1.807, 2.05) is 37.3 Å². The molecule has 0 spiro atoms. The van der Waals surface area contributed by atoms with Gasteiger partial charge in [-0.3, -0.25) is 9.59 Å². The number of esters is 1.